The molecule has 0 unspecified atom stereocenters. The fraction of sp³-hybridized carbons (Fsp3) is 0.692. The third-order valence-corrected chi connectivity index (χ3v) is 4.81. The van der Waals surface area contributed by atoms with Gasteiger partial charge in [0.2, 0.25) is 11.8 Å². The minimum atomic E-state index is 0.0595. The fourth-order valence-electron chi connectivity index (χ4n) is 3.06. The lowest BCUT2D eigenvalue weighted by Crippen LogP contribution is -2.22. The molecule has 0 aromatic heterocycles. The first kappa shape index (κ1) is 27.6. The number of carbonyl (C=O) groups is 2. The molecule has 166 valence electrons. The van der Waals surface area contributed by atoms with Crippen molar-refractivity contribution in [3.8, 4) is 36.5 Å². The molecule has 0 aromatic carbocycles. The zero-order valence-electron chi connectivity index (χ0n) is 18.7. The van der Waals surface area contributed by atoms with Crippen LogP contribution in [0.5, 0.6) is 0 Å². The molecule has 2 amide bonds. The molecule has 0 aliphatic carbocycles. The van der Waals surface area contributed by atoms with Gasteiger partial charge in [0.1, 0.15) is 0 Å². The van der Waals surface area contributed by atoms with Crippen molar-refractivity contribution in [2.75, 3.05) is 13.1 Å². The summed E-state index contributed by atoms with van der Waals surface area (Å²) in [5.41, 5.74) is 0. The molecule has 0 aliphatic heterocycles. The standard InChI is InChI=1S/C26H40N2O2/c1-3-23-27-25(29)21-19-17-15-13-11-9-7-5-6-8-10-12-14-16-18-20-22-26(30)28-24-4-2/h1-2H,7-24H2,(H,27,29)(H,28,30). The van der Waals surface area contributed by atoms with Gasteiger partial charge in [-0.05, 0) is 25.7 Å². The summed E-state index contributed by atoms with van der Waals surface area (Å²) in [7, 11) is 0. The van der Waals surface area contributed by atoms with E-state index >= 15 is 0 Å². The molecule has 0 saturated heterocycles. The molecule has 0 spiro atoms. The van der Waals surface area contributed by atoms with Gasteiger partial charge in [0, 0.05) is 25.7 Å². The number of unbranched alkanes of at least 4 members (excludes halogenated alkanes) is 12. The molecule has 0 heterocycles. The van der Waals surface area contributed by atoms with Crippen LogP contribution < -0.4 is 10.6 Å². The zero-order valence-corrected chi connectivity index (χ0v) is 18.7. The van der Waals surface area contributed by atoms with E-state index in [4.69, 9.17) is 12.8 Å². The average Bonchev–Trinajstić information content (AvgIpc) is 2.75. The fourth-order valence-corrected chi connectivity index (χ4v) is 3.06. The summed E-state index contributed by atoms with van der Waals surface area (Å²) in [6.07, 6.45) is 27.1. The van der Waals surface area contributed by atoms with Crippen LogP contribution >= 0.6 is 0 Å². The Morgan fingerprint density at radius 1 is 0.533 bits per heavy atom. The van der Waals surface area contributed by atoms with Crippen molar-refractivity contribution in [2.45, 2.75) is 103 Å². The number of nitrogens with one attached hydrogen (secondary N) is 2. The molecule has 30 heavy (non-hydrogen) atoms. The normalized spacial score (nSPS) is 9.67. The van der Waals surface area contributed by atoms with Crippen molar-refractivity contribution in [1.82, 2.24) is 10.6 Å². The summed E-state index contributed by atoms with van der Waals surface area (Å²) >= 11 is 0. The maximum Gasteiger partial charge on any atom is 0.220 e. The first-order valence-electron chi connectivity index (χ1n) is 11.6. The molecule has 0 bridgehead atoms. The molecule has 0 aliphatic rings. The lowest BCUT2D eigenvalue weighted by atomic mass is 10.1. The van der Waals surface area contributed by atoms with E-state index in [0.717, 1.165) is 38.5 Å². The number of terminal acetylenes is 2. The quantitative estimate of drug-likeness (QED) is 0.253. The van der Waals surface area contributed by atoms with Crippen molar-refractivity contribution in [1.29, 1.82) is 0 Å². The summed E-state index contributed by atoms with van der Waals surface area (Å²) in [4.78, 5) is 22.7. The number of hydrogen-bond acceptors (Lipinski definition) is 2. The molecule has 4 heteroatoms. The molecule has 2 N–H and O–H groups in total. The van der Waals surface area contributed by atoms with Crippen LogP contribution in [0.2, 0.25) is 0 Å². The number of hydrogen-bond donors (Lipinski definition) is 2. The molecule has 0 atom stereocenters. The van der Waals surface area contributed by atoms with Crippen LogP contribution in [0, 0.1) is 36.5 Å². The van der Waals surface area contributed by atoms with Crippen molar-refractivity contribution in [2.24, 2.45) is 0 Å². The predicted octanol–water partition coefficient (Wildman–Crippen LogP) is 4.73. The summed E-state index contributed by atoms with van der Waals surface area (Å²) in [6, 6.07) is 0. The lowest BCUT2D eigenvalue weighted by molar-refractivity contribution is -0.121. The lowest BCUT2D eigenvalue weighted by Gasteiger charge is -2.02. The summed E-state index contributed by atoms with van der Waals surface area (Å²) in [5, 5.41) is 5.38. The van der Waals surface area contributed by atoms with Gasteiger partial charge in [0.15, 0.2) is 0 Å². The van der Waals surface area contributed by atoms with Crippen LogP contribution in [-0.4, -0.2) is 24.9 Å². The molecule has 0 radical (unpaired) electrons. The summed E-state index contributed by atoms with van der Waals surface area (Å²) in [5.74, 6) is 11.5. The zero-order chi connectivity index (χ0) is 22.1. The Bertz CT molecular complexity index is 537. The highest BCUT2D eigenvalue weighted by atomic mass is 16.2. The summed E-state index contributed by atoms with van der Waals surface area (Å²) < 4.78 is 0. The molecule has 0 saturated carbocycles. The first-order valence-corrected chi connectivity index (χ1v) is 11.6. The van der Waals surface area contributed by atoms with Crippen LogP contribution in [0.4, 0.5) is 0 Å². The van der Waals surface area contributed by atoms with Gasteiger partial charge in [-0.3, -0.25) is 9.59 Å². The van der Waals surface area contributed by atoms with Crippen molar-refractivity contribution >= 4 is 11.8 Å². The van der Waals surface area contributed by atoms with Gasteiger partial charge in [-0.25, -0.2) is 0 Å². The Labute approximate surface area is 184 Å². The second-order valence-electron chi connectivity index (χ2n) is 7.56. The highest BCUT2D eigenvalue weighted by molar-refractivity contribution is 5.76. The summed E-state index contributed by atoms with van der Waals surface area (Å²) in [6.45, 7) is 0.658. The second-order valence-corrected chi connectivity index (χ2v) is 7.56. The Morgan fingerprint density at radius 2 is 0.867 bits per heavy atom. The van der Waals surface area contributed by atoms with Crippen LogP contribution in [-0.2, 0) is 9.59 Å². The molecule has 4 nitrogen and oxygen atoms in total. The predicted molar refractivity (Wildman–Crippen MR) is 125 cm³/mol. The minimum Gasteiger partial charge on any atom is -0.345 e. The van der Waals surface area contributed by atoms with Crippen LogP contribution in [0.1, 0.15) is 103 Å². The van der Waals surface area contributed by atoms with E-state index in [-0.39, 0.29) is 11.8 Å². The van der Waals surface area contributed by atoms with Crippen LogP contribution in [0.25, 0.3) is 0 Å². The van der Waals surface area contributed by atoms with Gasteiger partial charge in [0.25, 0.3) is 0 Å². The van der Waals surface area contributed by atoms with Gasteiger partial charge in [-0.2, -0.15) is 0 Å². The smallest absolute Gasteiger partial charge is 0.220 e. The Hall–Kier alpha value is -2.38. The Balaban J connectivity index is 3.26. The first-order chi connectivity index (χ1) is 14.7. The number of rotatable bonds is 18. The molecule has 0 rings (SSSR count). The molecular weight excluding hydrogens is 372 g/mol. The van der Waals surface area contributed by atoms with E-state index < -0.39 is 0 Å². The van der Waals surface area contributed by atoms with Crippen molar-refractivity contribution in [3.63, 3.8) is 0 Å². The van der Waals surface area contributed by atoms with E-state index in [9.17, 15) is 9.59 Å². The maximum atomic E-state index is 11.4. The van der Waals surface area contributed by atoms with E-state index in [1.807, 2.05) is 0 Å². The Morgan fingerprint density at radius 3 is 1.23 bits per heavy atom. The molecular formula is C26H40N2O2. The van der Waals surface area contributed by atoms with Gasteiger partial charge < -0.3 is 10.6 Å². The van der Waals surface area contributed by atoms with Crippen LogP contribution in [0.15, 0.2) is 0 Å². The van der Waals surface area contributed by atoms with E-state index in [1.54, 1.807) is 0 Å². The van der Waals surface area contributed by atoms with Gasteiger partial charge in [-0.1, -0.05) is 63.2 Å². The van der Waals surface area contributed by atoms with E-state index in [1.165, 1.54) is 51.4 Å². The average molecular weight is 413 g/mol. The number of amides is 2. The van der Waals surface area contributed by atoms with Crippen molar-refractivity contribution < 1.29 is 9.59 Å². The monoisotopic (exact) mass is 412 g/mol. The second kappa shape index (κ2) is 22.9. The molecule has 0 fully saturated rings. The third kappa shape index (κ3) is 21.9. The maximum absolute atomic E-state index is 11.4. The van der Waals surface area contributed by atoms with Gasteiger partial charge in [0.05, 0.1) is 13.1 Å². The van der Waals surface area contributed by atoms with E-state index in [0.29, 0.717) is 25.9 Å². The minimum absolute atomic E-state index is 0.0595. The highest BCUT2D eigenvalue weighted by Gasteiger charge is 2.00. The van der Waals surface area contributed by atoms with Crippen molar-refractivity contribution in [3.05, 3.63) is 0 Å². The van der Waals surface area contributed by atoms with E-state index in [2.05, 4.69) is 34.3 Å². The van der Waals surface area contributed by atoms with Gasteiger partial charge in [-0.15, -0.1) is 24.7 Å². The SMILES string of the molecule is C#CCNC(=O)CCCCCCCCC#CCCCCCCCCC(=O)NCC#C. The third-order valence-electron chi connectivity index (χ3n) is 4.81. The largest absolute Gasteiger partial charge is 0.345 e. The number of carbonyl (C=O) groups excluding carboxylic acids is 2. The topological polar surface area (TPSA) is 58.2 Å². The van der Waals surface area contributed by atoms with Crippen LogP contribution in [0.3, 0.4) is 0 Å². The van der Waals surface area contributed by atoms with Gasteiger partial charge >= 0.3 is 0 Å². The highest BCUT2D eigenvalue weighted by Crippen LogP contribution is 2.09. The Kier molecular flexibility index (Phi) is 21.1. The molecule has 0 aromatic rings.